The molecule has 0 aromatic carbocycles. The van der Waals surface area contributed by atoms with E-state index in [1.807, 2.05) is 27.0 Å². The summed E-state index contributed by atoms with van der Waals surface area (Å²) in [5, 5.41) is 10.2. The van der Waals surface area contributed by atoms with Crippen LogP contribution < -0.4 is 10.6 Å². The molecule has 0 saturated carbocycles. The maximum atomic E-state index is 12.2. The van der Waals surface area contributed by atoms with Crippen LogP contribution in [0.15, 0.2) is 12.3 Å². The van der Waals surface area contributed by atoms with Gasteiger partial charge in [0, 0.05) is 17.9 Å². The summed E-state index contributed by atoms with van der Waals surface area (Å²) in [5.41, 5.74) is 2.98. The fourth-order valence-electron chi connectivity index (χ4n) is 2.21. The normalized spacial score (nSPS) is 12.6. The molecule has 0 spiro atoms. The maximum Gasteiger partial charge on any atom is 0.256 e. The van der Waals surface area contributed by atoms with Gasteiger partial charge >= 0.3 is 0 Å². The summed E-state index contributed by atoms with van der Waals surface area (Å²) < 4.78 is 1.69. The highest BCUT2D eigenvalue weighted by Crippen LogP contribution is 2.11. The van der Waals surface area contributed by atoms with Crippen molar-refractivity contribution in [1.29, 1.82) is 0 Å². The van der Waals surface area contributed by atoms with Crippen LogP contribution >= 0.6 is 0 Å². The quantitative estimate of drug-likeness (QED) is 0.851. The predicted octanol–water partition coefficient (Wildman–Crippen LogP) is 0.931. The summed E-state index contributed by atoms with van der Waals surface area (Å²) >= 11 is 0. The van der Waals surface area contributed by atoms with Gasteiger partial charge in [0.1, 0.15) is 5.56 Å². The summed E-state index contributed by atoms with van der Waals surface area (Å²) in [6, 6.07) is 1.94. The zero-order valence-electron chi connectivity index (χ0n) is 12.4. The Morgan fingerprint density at radius 1 is 1.40 bits per heavy atom. The predicted molar refractivity (Wildman–Crippen MR) is 77.9 cm³/mol. The van der Waals surface area contributed by atoms with E-state index in [9.17, 15) is 4.79 Å². The van der Waals surface area contributed by atoms with Gasteiger partial charge in [0.2, 0.25) is 0 Å². The molecule has 1 atom stereocenters. The molecule has 0 aliphatic heterocycles. The standard InChI is InChI=1S/C14H21N5O/c1-9(6-15-4)7-16-14(20)12-8-17-19-11(3)5-10(2)18-13(12)19/h5,8-9,15H,6-7H2,1-4H3,(H,16,20). The monoisotopic (exact) mass is 275 g/mol. The molecule has 2 aromatic rings. The average Bonchev–Trinajstić information content (AvgIpc) is 2.80. The second kappa shape index (κ2) is 6.00. The van der Waals surface area contributed by atoms with Crippen LogP contribution in [0, 0.1) is 19.8 Å². The van der Waals surface area contributed by atoms with Crippen LogP contribution in [0.1, 0.15) is 28.7 Å². The highest BCUT2D eigenvalue weighted by Gasteiger charge is 2.15. The van der Waals surface area contributed by atoms with Gasteiger partial charge < -0.3 is 10.6 Å². The first-order chi connectivity index (χ1) is 9.52. The van der Waals surface area contributed by atoms with Gasteiger partial charge in [0.15, 0.2) is 5.65 Å². The van der Waals surface area contributed by atoms with E-state index in [-0.39, 0.29) is 5.91 Å². The van der Waals surface area contributed by atoms with Crippen molar-refractivity contribution in [2.45, 2.75) is 20.8 Å². The van der Waals surface area contributed by atoms with E-state index in [2.05, 4.69) is 27.6 Å². The van der Waals surface area contributed by atoms with Crippen molar-refractivity contribution < 1.29 is 4.79 Å². The van der Waals surface area contributed by atoms with E-state index in [1.54, 1.807) is 10.7 Å². The first-order valence-corrected chi connectivity index (χ1v) is 6.77. The Morgan fingerprint density at radius 3 is 2.85 bits per heavy atom. The molecule has 2 heterocycles. The number of aromatic nitrogens is 3. The molecule has 6 nitrogen and oxygen atoms in total. The summed E-state index contributed by atoms with van der Waals surface area (Å²) in [4.78, 5) is 16.6. The van der Waals surface area contributed by atoms with E-state index in [4.69, 9.17) is 0 Å². The van der Waals surface area contributed by atoms with E-state index in [0.29, 0.717) is 23.7 Å². The number of rotatable bonds is 5. The summed E-state index contributed by atoms with van der Waals surface area (Å²) in [5.74, 6) is 0.252. The smallest absolute Gasteiger partial charge is 0.256 e. The molecule has 0 aliphatic carbocycles. The highest BCUT2D eigenvalue weighted by molar-refractivity contribution is 5.99. The number of carbonyl (C=O) groups excluding carboxylic acids is 1. The van der Waals surface area contributed by atoms with Crippen LogP contribution in [0.4, 0.5) is 0 Å². The third-order valence-corrected chi connectivity index (χ3v) is 3.19. The average molecular weight is 275 g/mol. The van der Waals surface area contributed by atoms with Gasteiger partial charge in [-0.3, -0.25) is 4.79 Å². The van der Waals surface area contributed by atoms with Crippen LogP contribution in [0.3, 0.4) is 0 Å². The number of fused-ring (bicyclic) bond motifs is 1. The van der Waals surface area contributed by atoms with Gasteiger partial charge in [0.25, 0.3) is 5.91 Å². The Balaban J connectivity index is 2.18. The topological polar surface area (TPSA) is 71.3 Å². The largest absolute Gasteiger partial charge is 0.352 e. The second-order valence-corrected chi connectivity index (χ2v) is 5.21. The lowest BCUT2D eigenvalue weighted by molar-refractivity contribution is 0.0949. The van der Waals surface area contributed by atoms with Crippen molar-refractivity contribution in [3.05, 3.63) is 29.2 Å². The lowest BCUT2D eigenvalue weighted by Gasteiger charge is -2.11. The van der Waals surface area contributed by atoms with Gasteiger partial charge in [-0.1, -0.05) is 6.92 Å². The minimum absolute atomic E-state index is 0.125. The molecular weight excluding hydrogens is 254 g/mol. The molecule has 2 N–H and O–H groups in total. The zero-order chi connectivity index (χ0) is 14.7. The first-order valence-electron chi connectivity index (χ1n) is 6.77. The molecule has 6 heteroatoms. The Morgan fingerprint density at radius 2 is 2.15 bits per heavy atom. The zero-order valence-corrected chi connectivity index (χ0v) is 12.4. The Hall–Kier alpha value is -1.95. The minimum atomic E-state index is -0.125. The summed E-state index contributed by atoms with van der Waals surface area (Å²) in [6.45, 7) is 7.44. The second-order valence-electron chi connectivity index (χ2n) is 5.21. The molecule has 0 aliphatic rings. The molecule has 2 rings (SSSR count). The number of carbonyl (C=O) groups is 1. The van der Waals surface area contributed by atoms with Crippen LogP contribution in [-0.2, 0) is 0 Å². The molecule has 2 aromatic heterocycles. The van der Waals surface area contributed by atoms with Crippen LogP contribution in [0.25, 0.3) is 5.65 Å². The van der Waals surface area contributed by atoms with E-state index >= 15 is 0 Å². The van der Waals surface area contributed by atoms with Gasteiger partial charge in [0.05, 0.1) is 6.20 Å². The van der Waals surface area contributed by atoms with Crippen LogP contribution in [0.2, 0.25) is 0 Å². The van der Waals surface area contributed by atoms with Gasteiger partial charge in [-0.15, -0.1) is 0 Å². The van der Waals surface area contributed by atoms with Gasteiger partial charge in [-0.05, 0) is 39.4 Å². The van der Waals surface area contributed by atoms with Crippen molar-refractivity contribution in [3.63, 3.8) is 0 Å². The first kappa shape index (κ1) is 14.5. The fourth-order valence-corrected chi connectivity index (χ4v) is 2.21. The molecule has 0 radical (unpaired) electrons. The fraction of sp³-hybridized carbons (Fsp3) is 0.500. The Labute approximate surface area is 118 Å². The lowest BCUT2D eigenvalue weighted by Crippen LogP contribution is -2.32. The van der Waals surface area contributed by atoms with Crippen molar-refractivity contribution in [1.82, 2.24) is 25.2 Å². The maximum absolute atomic E-state index is 12.2. The molecule has 108 valence electrons. The van der Waals surface area contributed by atoms with Crippen LogP contribution in [0.5, 0.6) is 0 Å². The van der Waals surface area contributed by atoms with Crippen molar-refractivity contribution in [3.8, 4) is 0 Å². The summed E-state index contributed by atoms with van der Waals surface area (Å²) in [7, 11) is 1.90. The van der Waals surface area contributed by atoms with Crippen molar-refractivity contribution in [2.24, 2.45) is 5.92 Å². The molecule has 0 fully saturated rings. The third-order valence-electron chi connectivity index (χ3n) is 3.19. The Kier molecular flexibility index (Phi) is 4.34. The SMILES string of the molecule is CNCC(C)CNC(=O)c1cnn2c(C)cc(C)nc12. The third kappa shape index (κ3) is 2.96. The lowest BCUT2D eigenvalue weighted by atomic mass is 10.2. The number of hydrogen-bond acceptors (Lipinski definition) is 4. The molecule has 0 bridgehead atoms. The van der Waals surface area contributed by atoms with Crippen molar-refractivity contribution >= 4 is 11.6 Å². The molecule has 0 saturated heterocycles. The number of nitrogens with zero attached hydrogens (tertiary/aromatic N) is 3. The number of hydrogen-bond donors (Lipinski definition) is 2. The summed E-state index contributed by atoms with van der Waals surface area (Å²) in [6.07, 6.45) is 1.58. The van der Waals surface area contributed by atoms with E-state index in [0.717, 1.165) is 17.9 Å². The number of aryl methyl sites for hydroxylation is 2. The number of amides is 1. The minimum Gasteiger partial charge on any atom is -0.352 e. The molecule has 20 heavy (non-hydrogen) atoms. The molecular formula is C14H21N5O. The van der Waals surface area contributed by atoms with E-state index < -0.39 is 0 Å². The highest BCUT2D eigenvalue weighted by atomic mass is 16.1. The number of nitrogens with one attached hydrogen (secondary N) is 2. The van der Waals surface area contributed by atoms with Crippen molar-refractivity contribution in [2.75, 3.05) is 20.1 Å². The van der Waals surface area contributed by atoms with E-state index in [1.165, 1.54) is 0 Å². The Bertz CT molecular complexity index is 619. The van der Waals surface area contributed by atoms with Gasteiger partial charge in [-0.2, -0.15) is 5.10 Å². The molecule has 1 unspecified atom stereocenters. The van der Waals surface area contributed by atoms with Gasteiger partial charge in [-0.25, -0.2) is 9.50 Å². The molecule has 1 amide bonds. The van der Waals surface area contributed by atoms with Crippen LogP contribution in [-0.4, -0.2) is 40.6 Å².